The van der Waals surface area contributed by atoms with Gasteiger partial charge in [-0.1, -0.05) is 48.3 Å². The normalized spacial score (nSPS) is 16.6. The molecule has 0 spiro atoms. The highest BCUT2D eigenvalue weighted by atomic mass is 35.5. The fourth-order valence-electron chi connectivity index (χ4n) is 2.83. The Bertz CT molecular complexity index is 1110. The highest BCUT2D eigenvalue weighted by Gasteiger charge is 2.24. The van der Waals surface area contributed by atoms with Gasteiger partial charge in [0.2, 0.25) is 0 Å². The standard InChI is InChI=1S/C22H16Cl2N2O2S/c1-2-13-6-8-14(9-7-13)25-22-26-21(27)19(29-22)12-15-10-11-18(28-15)20-16(23)4-3-5-17(20)24/h3-12H,2H2,1H3,(H,25,26,27)/b19-12+. The van der Waals surface area contributed by atoms with Crippen molar-refractivity contribution in [2.45, 2.75) is 13.3 Å². The number of benzene rings is 2. The Balaban J connectivity index is 1.55. The van der Waals surface area contributed by atoms with Gasteiger partial charge in [-0.25, -0.2) is 4.99 Å². The molecule has 0 atom stereocenters. The third-order valence-electron chi connectivity index (χ3n) is 4.34. The lowest BCUT2D eigenvalue weighted by Gasteiger charge is -2.02. The summed E-state index contributed by atoms with van der Waals surface area (Å²) < 4.78 is 5.84. The molecule has 1 saturated heterocycles. The van der Waals surface area contributed by atoms with Crippen molar-refractivity contribution in [1.82, 2.24) is 5.32 Å². The number of halogens is 2. The van der Waals surface area contributed by atoms with Crippen LogP contribution in [0.3, 0.4) is 0 Å². The molecule has 4 rings (SSSR count). The second-order valence-electron chi connectivity index (χ2n) is 6.30. The van der Waals surface area contributed by atoms with E-state index in [1.807, 2.05) is 24.3 Å². The molecule has 0 radical (unpaired) electrons. The van der Waals surface area contributed by atoms with Gasteiger partial charge in [0, 0.05) is 6.08 Å². The van der Waals surface area contributed by atoms with Crippen molar-refractivity contribution in [3.05, 3.63) is 80.9 Å². The van der Waals surface area contributed by atoms with Gasteiger partial charge >= 0.3 is 0 Å². The van der Waals surface area contributed by atoms with Crippen LogP contribution in [0.2, 0.25) is 10.0 Å². The number of amidine groups is 1. The summed E-state index contributed by atoms with van der Waals surface area (Å²) in [6.07, 6.45) is 2.65. The summed E-state index contributed by atoms with van der Waals surface area (Å²) in [6, 6.07) is 16.8. The maximum absolute atomic E-state index is 12.3. The molecule has 29 heavy (non-hydrogen) atoms. The van der Waals surface area contributed by atoms with Crippen LogP contribution < -0.4 is 5.32 Å². The molecule has 4 nitrogen and oxygen atoms in total. The Kier molecular flexibility index (Phi) is 5.81. The maximum Gasteiger partial charge on any atom is 0.264 e. The van der Waals surface area contributed by atoms with Crippen LogP contribution in [-0.4, -0.2) is 11.1 Å². The number of hydrogen-bond donors (Lipinski definition) is 1. The molecule has 2 heterocycles. The molecule has 146 valence electrons. The second-order valence-corrected chi connectivity index (χ2v) is 8.15. The first-order valence-electron chi connectivity index (χ1n) is 8.96. The average molecular weight is 443 g/mol. The van der Waals surface area contributed by atoms with Crippen LogP contribution in [0.4, 0.5) is 5.69 Å². The van der Waals surface area contributed by atoms with Gasteiger partial charge in [0.25, 0.3) is 5.91 Å². The number of carbonyl (C=O) groups excluding carboxylic acids is 1. The number of amides is 1. The zero-order valence-electron chi connectivity index (χ0n) is 15.4. The maximum atomic E-state index is 12.3. The van der Waals surface area contributed by atoms with Gasteiger partial charge in [-0.05, 0) is 60.1 Å². The summed E-state index contributed by atoms with van der Waals surface area (Å²) in [6.45, 7) is 2.10. The molecular formula is C22H16Cl2N2O2S. The topological polar surface area (TPSA) is 54.6 Å². The van der Waals surface area contributed by atoms with Gasteiger partial charge in [0.05, 0.1) is 26.2 Å². The highest BCUT2D eigenvalue weighted by molar-refractivity contribution is 8.18. The lowest BCUT2D eigenvalue weighted by Crippen LogP contribution is -2.19. The van der Waals surface area contributed by atoms with Crippen LogP contribution in [0, 0.1) is 0 Å². The zero-order chi connectivity index (χ0) is 20.4. The fourth-order valence-corrected chi connectivity index (χ4v) is 4.24. The molecule has 1 aliphatic rings. The van der Waals surface area contributed by atoms with Crippen molar-refractivity contribution in [2.24, 2.45) is 4.99 Å². The van der Waals surface area contributed by atoms with Crippen LogP contribution >= 0.6 is 35.0 Å². The van der Waals surface area contributed by atoms with Crippen LogP contribution in [0.1, 0.15) is 18.2 Å². The molecule has 0 saturated carbocycles. The third kappa shape index (κ3) is 4.42. The number of hydrogen-bond acceptors (Lipinski definition) is 4. The van der Waals surface area contributed by atoms with Gasteiger partial charge in [-0.15, -0.1) is 0 Å². The quantitative estimate of drug-likeness (QED) is 0.456. The number of carbonyl (C=O) groups is 1. The molecule has 1 aliphatic heterocycles. The lowest BCUT2D eigenvalue weighted by molar-refractivity contribution is -0.115. The van der Waals surface area contributed by atoms with E-state index in [-0.39, 0.29) is 5.91 Å². The van der Waals surface area contributed by atoms with E-state index in [2.05, 4.69) is 17.2 Å². The Morgan fingerprint density at radius 3 is 2.48 bits per heavy atom. The predicted molar refractivity (Wildman–Crippen MR) is 121 cm³/mol. The molecule has 1 fully saturated rings. The molecule has 0 bridgehead atoms. The number of rotatable bonds is 4. The SMILES string of the molecule is CCc1ccc(N=C2NC(=O)/C(=C\c3ccc(-c4c(Cl)cccc4Cl)o3)S2)cc1. The first-order valence-corrected chi connectivity index (χ1v) is 10.5. The first-order chi connectivity index (χ1) is 14.0. The summed E-state index contributed by atoms with van der Waals surface area (Å²) in [7, 11) is 0. The molecule has 1 amide bonds. The molecule has 0 unspecified atom stereocenters. The van der Waals surface area contributed by atoms with Crippen molar-refractivity contribution in [3.63, 3.8) is 0 Å². The predicted octanol–water partition coefficient (Wildman–Crippen LogP) is 6.71. The Morgan fingerprint density at radius 2 is 1.79 bits per heavy atom. The van der Waals surface area contributed by atoms with Crippen LogP contribution in [0.15, 0.2) is 68.9 Å². The minimum Gasteiger partial charge on any atom is -0.457 e. The van der Waals surface area contributed by atoms with E-state index in [9.17, 15) is 4.79 Å². The van der Waals surface area contributed by atoms with E-state index in [0.717, 1.165) is 12.1 Å². The largest absolute Gasteiger partial charge is 0.457 e. The summed E-state index contributed by atoms with van der Waals surface area (Å²) >= 11 is 13.7. The van der Waals surface area contributed by atoms with E-state index < -0.39 is 0 Å². The van der Waals surface area contributed by atoms with Gasteiger partial charge in [-0.3, -0.25) is 4.79 Å². The van der Waals surface area contributed by atoms with Gasteiger partial charge < -0.3 is 9.73 Å². The lowest BCUT2D eigenvalue weighted by atomic mass is 10.2. The third-order valence-corrected chi connectivity index (χ3v) is 5.88. The highest BCUT2D eigenvalue weighted by Crippen LogP contribution is 2.36. The number of aryl methyl sites for hydroxylation is 1. The van der Waals surface area contributed by atoms with E-state index in [4.69, 9.17) is 27.6 Å². The number of nitrogens with zero attached hydrogens (tertiary/aromatic N) is 1. The fraction of sp³-hybridized carbons (Fsp3) is 0.0909. The van der Waals surface area contributed by atoms with Gasteiger partial charge in [0.15, 0.2) is 5.17 Å². The smallest absolute Gasteiger partial charge is 0.264 e. The number of aliphatic imine (C=N–C) groups is 1. The minimum absolute atomic E-state index is 0.215. The van der Waals surface area contributed by atoms with Crippen LogP contribution in [0.5, 0.6) is 0 Å². The Morgan fingerprint density at radius 1 is 1.07 bits per heavy atom. The summed E-state index contributed by atoms with van der Waals surface area (Å²) in [5.41, 5.74) is 2.66. The number of furan rings is 1. The van der Waals surface area contributed by atoms with E-state index in [1.165, 1.54) is 17.3 Å². The minimum atomic E-state index is -0.215. The monoisotopic (exact) mass is 442 g/mol. The summed E-state index contributed by atoms with van der Waals surface area (Å²) in [5, 5.41) is 4.32. The zero-order valence-corrected chi connectivity index (χ0v) is 17.7. The summed E-state index contributed by atoms with van der Waals surface area (Å²) in [5.74, 6) is 0.857. The van der Waals surface area contributed by atoms with Crippen LogP contribution in [-0.2, 0) is 11.2 Å². The number of thioether (sulfide) groups is 1. The van der Waals surface area contributed by atoms with Crippen molar-refractivity contribution in [2.75, 3.05) is 0 Å². The van der Waals surface area contributed by atoms with Crippen LogP contribution in [0.25, 0.3) is 17.4 Å². The van der Waals surface area contributed by atoms with Gasteiger partial charge in [-0.2, -0.15) is 0 Å². The van der Waals surface area contributed by atoms with Crippen molar-refractivity contribution >= 4 is 57.8 Å². The first kappa shape index (κ1) is 19.8. The van der Waals surface area contributed by atoms with Gasteiger partial charge in [0.1, 0.15) is 11.5 Å². The number of nitrogens with one attached hydrogen (secondary N) is 1. The van der Waals surface area contributed by atoms with Crippen molar-refractivity contribution < 1.29 is 9.21 Å². The van der Waals surface area contributed by atoms with Crippen molar-refractivity contribution in [1.29, 1.82) is 0 Å². The molecule has 7 heteroatoms. The molecular weight excluding hydrogens is 427 g/mol. The molecule has 3 aromatic rings. The average Bonchev–Trinajstić information content (AvgIpc) is 3.29. The Labute approximate surface area is 182 Å². The van der Waals surface area contributed by atoms with E-state index >= 15 is 0 Å². The van der Waals surface area contributed by atoms with E-state index in [1.54, 1.807) is 36.4 Å². The molecule has 1 N–H and O–H groups in total. The Hall–Kier alpha value is -2.47. The molecule has 2 aromatic carbocycles. The van der Waals surface area contributed by atoms with Crippen molar-refractivity contribution in [3.8, 4) is 11.3 Å². The van der Waals surface area contributed by atoms with E-state index in [0.29, 0.717) is 37.2 Å². The molecule has 1 aromatic heterocycles. The summed E-state index contributed by atoms with van der Waals surface area (Å²) in [4.78, 5) is 17.3. The second kappa shape index (κ2) is 8.49. The molecule has 0 aliphatic carbocycles.